The highest BCUT2D eigenvalue weighted by atomic mass is 32.1. The van der Waals surface area contributed by atoms with Crippen LogP contribution in [0.15, 0.2) is 53.9 Å². The number of benzene rings is 2. The van der Waals surface area contributed by atoms with Gasteiger partial charge in [-0.3, -0.25) is 4.79 Å². The largest absolute Gasteiger partial charge is 0.320 e. The molecule has 1 aliphatic rings. The molecular formula is C24H23N5OS. The van der Waals surface area contributed by atoms with Crippen LogP contribution in [0.3, 0.4) is 0 Å². The second-order valence-corrected chi connectivity index (χ2v) is 8.65. The van der Waals surface area contributed by atoms with Gasteiger partial charge in [0.25, 0.3) is 5.91 Å². The summed E-state index contributed by atoms with van der Waals surface area (Å²) in [6.07, 6.45) is 4.49. The molecule has 3 heterocycles. The fraction of sp³-hybridized carbons (Fsp3) is 0.250. The molecule has 0 radical (unpaired) electrons. The van der Waals surface area contributed by atoms with Gasteiger partial charge >= 0.3 is 0 Å². The predicted octanol–water partition coefficient (Wildman–Crippen LogP) is 5.36. The molecule has 1 aliphatic heterocycles. The molecule has 5 rings (SSSR count). The molecule has 1 N–H and O–H groups in total. The molecule has 2 aromatic carbocycles. The van der Waals surface area contributed by atoms with Crippen molar-refractivity contribution in [1.29, 1.82) is 0 Å². The van der Waals surface area contributed by atoms with E-state index in [4.69, 9.17) is 0 Å². The molecule has 0 saturated heterocycles. The van der Waals surface area contributed by atoms with Gasteiger partial charge in [0, 0.05) is 35.2 Å². The van der Waals surface area contributed by atoms with Crippen molar-refractivity contribution in [2.24, 2.45) is 0 Å². The zero-order chi connectivity index (χ0) is 21.2. The minimum atomic E-state index is -0.209. The van der Waals surface area contributed by atoms with Gasteiger partial charge in [0.1, 0.15) is 16.5 Å². The summed E-state index contributed by atoms with van der Waals surface area (Å²) >= 11 is 1.47. The Bertz CT molecular complexity index is 1230. The van der Waals surface area contributed by atoms with E-state index in [0.29, 0.717) is 5.69 Å². The lowest BCUT2D eigenvalue weighted by molar-refractivity contribution is 0.102. The lowest BCUT2D eigenvalue weighted by Gasteiger charge is -2.11. The predicted molar refractivity (Wildman–Crippen MR) is 123 cm³/mol. The summed E-state index contributed by atoms with van der Waals surface area (Å²) in [7, 11) is 0. The topological polar surface area (TPSA) is 72.7 Å². The van der Waals surface area contributed by atoms with Gasteiger partial charge in [-0.05, 0) is 31.4 Å². The first kappa shape index (κ1) is 19.6. The summed E-state index contributed by atoms with van der Waals surface area (Å²) < 4.78 is 2.22. The number of aromatic nitrogens is 4. The number of rotatable bonds is 4. The lowest BCUT2D eigenvalue weighted by atomic mass is 10.1. The van der Waals surface area contributed by atoms with Crippen LogP contribution in [-0.2, 0) is 13.0 Å². The minimum absolute atomic E-state index is 0.209. The van der Waals surface area contributed by atoms with Crippen LogP contribution >= 0.6 is 11.3 Å². The van der Waals surface area contributed by atoms with Gasteiger partial charge in [0.15, 0.2) is 5.82 Å². The standard InChI is InChI=1S/C24H23N5OS/c1-16-11-12-18(22-28-27-21-10-6-3-7-13-29(21)22)14-19(16)25-23(30)20-15-31-24(26-20)17-8-4-2-5-9-17/h2,4-5,8-9,11-12,14-15H,3,6-7,10,13H2,1H3,(H,25,30). The minimum Gasteiger partial charge on any atom is -0.320 e. The summed E-state index contributed by atoms with van der Waals surface area (Å²) in [4.78, 5) is 17.4. The summed E-state index contributed by atoms with van der Waals surface area (Å²) in [5.74, 6) is 1.71. The van der Waals surface area contributed by atoms with Crippen LogP contribution < -0.4 is 5.32 Å². The number of hydrogen-bond donors (Lipinski definition) is 1. The molecule has 0 spiro atoms. The van der Waals surface area contributed by atoms with Crippen LogP contribution in [0.25, 0.3) is 22.0 Å². The maximum atomic E-state index is 12.9. The molecule has 156 valence electrons. The zero-order valence-corrected chi connectivity index (χ0v) is 18.2. The number of hydrogen-bond acceptors (Lipinski definition) is 5. The SMILES string of the molecule is Cc1ccc(-c2nnc3n2CCCCC3)cc1NC(=O)c1csc(-c2ccccc2)n1. The maximum absolute atomic E-state index is 12.9. The number of amides is 1. The van der Waals surface area contributed by atoms with Crippen molar-refractivity contribution in [2.45, 2.75) is 39.2 Å². The van der Waals surface area contributed by atoms with Crippen molar-refractivity contribution in [3.63, 3.8) is 0 Å². The molecule has 0 atom stereocenters. The summed E-state index contributed by atoms with van der Waals surface area (Å²) in [6.45, 7) is 2.93. The summed E-state index contributed by atoms with van der Waals surface area (Å²) in [5.41, 5.74) is 4.15. The molecule has 0 unspecified atom stereocenters. The van der Waals surface area contributed by atoms with E-state index >= 15 is 0 Å². The van der Waals surface area contributed by atoms with Crippen molar-refractivity contribution in [1.82, 2.24) is 19.7 Å². The van der Waals surface area contributed by atoms with Gasteiger partial charge in [0.05, 0.1) is 0 Å². The number of anilines is 1. The Morgan fingerprint density at radius 1 is 1.03 bits per heavy atom. The van der Waals surface area contributed by atoms with E-state index in [0.717, 1.165) is 64.8 Å². The van der Waals surface area contributed by atoms with Crippen molar-refractivity contribution in [3.05, 3.63) is 71.0 Å². The van der Waals surface area contributed by atoms with E-state index in [1.54, 1.807) is 5.38 Å². The molecule has 6 nitrogen and oxygen atoms in total. The Labute approximate surface area is 185 Å². The highest BCUT2D eigenvalue weighted by molar-refractivity contribution is 7.13. The van der Waals surface area contributed by atoms with Gasteiger partial charge < -0.3 is 9.88 Å². The quantitative estimate of drug-likeness (QED) is 0.474. The Morgan fingerprint density at radius 3 is 2.77 bits per heavy atom. The number of thiazole rings is 1. The van der Waals surface area contributed by atoms with Crippen LogP contribution in [0.1, 0.15) is 41.1 Å². The highest BCUT2D eigenvalue weighted by Gasteiger charge is 2.18. The van der Waals surface area contributed by atoms with Gasteiger partial charge in [0.2, 0.25) is 0 Å². The van der Waals surface area contributed by atoms with E-state index in [-0.39, 0.29) is 5.91 Å². The first-order chi connectivity index (χ1) is 15.2. The maximum Gasteiger partial charge on any atom is 0.275 e. The van der Waals surface area contributed by atoms with E-state index in [1.165, 1.54) is 17.8 Å². The average Bonchev–Trinajstić information content (AvgIpc) is 3.38. The first-order valence-electron chi connectivity index (χ1n) is 10.5. The van der Waals surface area contributed by atoms with Crippen LogP contribution in [0.4, 0.5) is 5.69 Å². The molecule has 0 bridgehead atoms. The number of carbonyl (C=O) groups is 1. The molecule has 31 heavy (non-hydrogen) atoms. The number of aryl methyl sites for hydroxylation is 2. The second-order valence-electron chi connectivity index (χ2n) is 7.79. The fourth-order valence-corrected chi connectivity index (χ4v) is 4.68. The monoisotopic (exact) mass is 429 g/mol. The van der Waals surface area contributed by atoms with Gasteiger partial charge in [-0.2, -0.15) is 0 Å². The third kappa shape index (κ3) is 4.01. The highest BCUT2D eigenvalue weighted by Crippen LogP contribution is 2.28. The molecule has 2 aromatic heterocycles. The normalized spacial score (nSPS) is 13.5. The van der Waals surface area contributed by atoms with Crippen molar-refractivity contribution >= 4 is 22.9 Å². The molecule has 0 aliphatic carbocycles. The molecule has 7 heteroatoms. The van der Waals surface area contributed by atoms with Crippen LogP contribution in [0.5, 0.6) is 0 Å². The Kier molecular flexibility index (Phi) is 5.34. The Balaban J connectivity index is 1.40. The molecule has 0 saturated carbocycles. The van der Waals surface area contributed by atoms with Crippen molar-refractivity contribution in [2.75, 3.05) is 5.32 Å². The number of carbonyl (C=O) groups excluding carboxylic acids is 1. The Morgan fingerprint density at radius 2 is 1.90 bits per heavy atom. The van der Waals surface area contributed by atoms with Gasteiger partial charge in [-0.15, -0.1) is 21.5 Å². The third-order valence-corrected chi connectivity index (χ3v) is 6.50. The Hall–Kier alpha value is -3.32. The van der Waals surface area contributed by atoms with E-state index in [9.17, 15) is 4.79 Å². The third-order valence-electron chi connectivity index (χ3n) is 5.61. The zero-order valence-electron chi connectivity index (χ0n) is 17.3. The number of nitrogens with one attached hydrogen (secondary N) is 1. The average molecular weight is 430 g/mol. The molecule has 0 fully saturated rings. The number of nitrogens with zero attached hydrogens (tertiary/aromatic N) is 4. The summed E-state index contributed by atoms with van der Waals surface area (Å²) in [5, 5.41) is 14.5. The van der Waals surface area contributed by atoms with Crippen LogP contribution in [-0.4, -0.2) is 25.7 Å². The van der Waals surface area contributed by atoms with E-state index < -0.39 is 0 Å². The molecular weight excluding hydrogens is 406 g/mol. The molecule has 4 aromatic rings. The smallest absolute Gasteiger partial charge is 0.275 e. The van der Waals surface area contributed by atoms with Gasteiger partial charge in [-0.1, -0.05) is 48.9 Å². The van der Waals surface area contributed by atoms with E-state index in [1.807, 2.05) is 55.5 Å². The van der Waals surface area contributed by atoms with Crippen LogP contribution in [0, 0.1) is 6.92 Å². The summed E-state index contributed by atoms with van der Waals surface area (Å²) in [6, 6.07) is 15.9. The fourth-order valence-electron chi connectivity index (χ4n) is 3.87. The second kappa shape index (κ2) is 8.43. The van der Waals surface area contributed by atoms with Gasteiger partial charge in [-0.25, -0.2) is 4.98 Å². The van der Waals surface area contributed by atoms with Crippen molar-refractivity contribution in [3.8, 4) is 22.0 Å². The lowest BCUT2D eigenvalue weighted by Crippen LogP contribution is -2.13. The first-order valence-corrected chi connectivity index (χ1v) is 11.4. The van der Waals surface area contributed by atoms with Crippen molar-refractivity contribution < 1.29 is 4.79 Å². The van der Waals surface area contributed by atoms with Crippen LogP contribution in [0.2, 0.25) is 0 Å². The molecule has 1 amide bonds. The van der Waals surface area contributed by atoms with E-state index in [2.05, 4.69) is 25.1 Å². The number of fused-ring (bicyclic) bond motifs is 1.